The fourth-order valence-corrected chi connectivity index (χ4v) is 2.01. The zero-order chi connectivity index (χ0) is 13.0. The fourth-order valence-electron chi connectivity index (χ4n) is 2.01. The molecule has 0 aliphatic heterocycles. The van der Waals surface area contributed by atoms with E-state index in [1.807, 2.05) is 7.05 Å². The molecule has 2 rings (SSSR count). The van der Waals surface area contributed by atoms with Crippen LogP contribution >= 0.6 is 0 Å². The topological polar surface area (TPSA) is 55.6 Å². The van der Waals surface area contributed by atoms with Crippen molar-refractivity contribution in [2.45, 2.75) is 25.8 Å². The van der Waals surface area contributed by atoms with Gasteiger partial charge in [0, 0.05) is 12.5 Å². The Hall–Kier alpha value is -1.75. The van der Waals surface area contributed by atoms with E-state index in [2.05, 4.69) is 51.9 Å². The summed E-state index contributed by atoms with van der Waals surface area (Å²) >= 11 is 0. The van der Waals surface area contributed by atoms with Gasteiger partial charge in [0.2, 0.25) is 0 Å². The quantitative estimate of drug-likeness (QED) is 0.850. The molecule has 1 aromatic carbocycles. The fraction of sp³-hybridized carbons (Fsp3) is 0.462. The molecule has 1 unspecified atom stereocenters. The number of nitrogens with zero attached hydrogens (tertiary/aromatic N) is 4. The molecule has 1 atom stereocenters. The largest absolute Gasteiger partial charge is 0.316 e. The normalized spacial score (nSPS) is 12.6. The predicted octanol–water partition coefficient (Wildman–Crippen LogP) is 0.892. The standard InChI is InChI=1S/C13H19N5/c1-10-6-4-5-7-11(10)8-12(14-2)9-13-15-17-18(3)16-13/h4-7,12,14H,8-9H2,1-3H3. The summed E-state index contributed by atoms with van der Waals surface area (Å²) < 4.78 is 0. The lowest BCUT2D eigenvalue weighted by Crippen LogP contribution is -2.30. The molecule has 96 valence electrons. The van der Waals surface area contributed by atoms with Crippen molar-refractivity contribution >= 4 is 0 Å². The van der Waals surface area contributed by atoms with Crippen LogP contribution in [0.2, 0.25) is 0 Å². The van der Waals surface area contributed by atoms with Crippen molar-refractivity contribution in [1.82, 2.24) is 25.5 Å². The van der Waals surface area contributed by atoms with E-state index in [0.29, 0.717) is 6.04 Å². The maximum atomic E-state index is 4.22. The van der Waals surface area contributed by atoms with Crippen molar-refractivity contribution in [3.05, 3.63) is 41.2 Å². The minimum absolute atomic E-state index is 0.329. The van der Waals surface area contributed by atoms with Crippen molar-refractivity contribution < 1.29 is 0 Å². The minimum atomic E-state index is 0.329. The first-order valence-corrected chi connectivity index (χ1v) is 6.13. The first kappa shape index (κ1) is 12.7. The van der Waals surface area contributed by atoms with Gasteiger partial charge in [-0.1, -0.05) is 24.3 Å². The van der Waals surface area contributed by atoms with E-state index in [1.165, 1.54) is 15.9 Å². The van der Waals surface area contributed by atoms with Gasteiger partial charge in [-0.3, -0.25) is 0 Å². The molecule has 0 radical (unpaired) electrons. The van der Waals surface area contributed by atoms with Crippen LogP contribution in [0, 0.1) is 6.92 Å². The van der Waals surface area contributed by atoms with Crippen LogP contribution in [-0.2, 0) is 19.9 Å². The van der Waals surface area contributed by atoms with Gasteiger partial charge >= 0.3 is 0 Å². The van der Waals surface area contributed by atoms with Crippen LogP contribution in [0.4, 0.5) is 0 Å². The van der Waals surface area contributed by atoms with Gasteiger partial charge < -0.3 is 5.32 Å². The molecule has 0 fully saturated rings. The van der Waals surface area contributed by atoms with Gasteiger partial charge in [0.25, 0.3) is 0 Å². The van der Waals surface area contributed by atoms with Crippen molar-refractivity contribution in [1.29, 1.82) is 0 Å². The third-order valence-electron chi connectivity index (χ3n) is 3.11. The Labute approximate surface area is 107 Å². The van der Waals surface area contributed by atoms with E-state index in [9.17, 15) is 0 Å². The maximum Gasteiger partial charge on any atom is 0.176 e. The van der Waals surface area contributed by atoms with Crippen LogP contribution in [-0.4, -0.2) is 33.3 Å². The van der Waals surface area contributed by atoms with E-state index >= 15 is 0 Å². The lowest BCUT2D eigenvalue weighted by Gasteiger charge is -2.15. The predicted molar refractivity (Wildman–Crippen MR) is 70.2 cm³/mol. The SMILES string of the molecule is CNC(Cc1nnn(C)n1)Cc1ccccc1C. The molecule has 0 saturated heterocycles. The molecule has 1 aromatic heterocycles. The summed E-state index contributed by atoms with van der Waals surface area (Å²) in [5, 5.41) is 15.4. The van der Waals surface area contributed by atoms with Gasteiger partial charge in [-0.15, -0.1) is 10.2 Å². The highest BCUT2D eigenvalue weighted by Gasteiger charge is 2.12. The molecule has 0 bridgehead atoms. The highest BCUT2D eigenvalue weighted by Crippen LogP contribution is 2.11. The van der Waals surface area contributed by atoms with Gasteiger partial charge in [0.1, 0.15) is 0 Å². The molecule has 1 N–H and O–H groups in total. The number of likely N-dealkylation sites (N-methyl/N-ethyl adjacent to an activating group) is 1. The summed E-state index contributed by atoms with van der Waals surface area (Å²) in [4.78, 5) is 1.50. The van der Waals surface area contributed by atoms with Crippen LogP contribution in [0.3, 0.4) is 0 Å². The molecule has 5 heteroatoms. The number of aromatic nitrogens is 4. The number of nitrogens with one attached hydrogen (secondary N) is 1. The number of aryl methyl sites for hydroxylation is 2. The van der Waals surface area contributed by atoms with Gasteiger partial charge in [0.05, 0.1) is 7.05 Å². The Morgan fingerprint density at radius 2 is 2.06 bits per heavy atom. The lowest BCUT2D eigenvalue weighted by atomic mass is 9.99. The smallest absolute Gasteiger partial charge is 0.176 e. The average Bonchev–Trinajstić information content (AvgIpc) is 2.76. The van der Waals surface area contributed by atoms with Gasteiger partial charge in [-0.2, -0.15) is 4.80 Å². The summed E-state index contributed by atoms with van der Waals surface area (Å²) in [5.41, 5.74) is 2.69. The molecule has 0 aliphatic carbocycles. The van der Waals surface area contributed by atoms with E-state index in [4.69, 9.17) is 0 Å². The Kier molecular flexibility index (Phi) is 4.04. The zero-order valence-electron chi connectivity index (χ0n) is 11.1. The second-order valence-corrected chi connectivity index (χ2v) is 4.52. The molecule has 18 heavy (non-hydrogen) atoms. The summed E-state index contributed by atoms with van der Waals surface area (Å²) in [5.74, 6) is 0.783. The molecular formula is C13H19N5. The van der Waals surface area contributed by atoms with Crippen LogP contribution in [0.15, 0.2) is 24.3 Å². The zero-order valence-corrected chi connectivity index (χ0v) is 11.1. The summed E-state index contributed by atoms with van der Waals surface area (Å²) in [6, 6.07) is 8.79. The second kappa shape index (κ2) is 5.73. The van der Waals surface area contributed by atoms with Crippen LogP contribution < -0.4 is 5.32 Å². The lowest BCUT2D eigenvalue weighted by molar-refractivity contribution is 0.539. The van der Waals surface area contributed by atoms with Crippen LogP contribution in [0.5, 0.6) is 0 Å². The monoisotopic (exact) mass is 245 g/mol. The maximum absolute atomic E-state index is 4.22. The molecule has 5 nitrogen and oxygen atoms in total. The first-order chi connectivity index (χ1) is 8.69. The highest BCUT2D eigenvalue weighted by molar-refractivity contribution is 5.26. The van der Waals surface area contributed by atoms with E-state index in [-0.39, 0.29) is 0 Å². The number of rotatable bonds is 5. The summed E-state index contributed by atoms with van der Waals surface area (Å²) in [6.07, 6.45) is 1.76. The minimum Gasteiger partial charge on any atom is -0.316 e. The Balaban J connectivity index is 2.04. The van der Waals surface area contributed by atoms with Crippen molar-refractivity contribution in [2.24, 2.45) is 7.05 Å². The third kappa shape index (κ3) is 3.13. The Morgan fingerprint density at radius 3 is 2.67 bits per heavy atom. The van der Waals surface area contributed by atoms with Gasteiger partial charge in [-0.05, 0) is 36.7 Å². The summed E-state index contributed by atoms with van der Waals surface area (Å²) in [7, 11) is 3.76. The van der Waals surface area contributed by atoms with E-state index in [0.717, 1.165) is 18.7 Å². The number of benzene rings is 1. The average molecular weight is 245 g/mol. The Morgan fingerprint density at radius 1 is 1.28 bits per heavy atom. The van der Waals surface area contributed by atoms with E-state index in [1.54, 1.807) is 7.05 Å². The highest BCUT2D eigenvalue weighted by atomic mass is 15.6. The van der Waals surface area contributed by atoms with Crippen molar-refractivity contribution in [3.8, 4) is 0 Å². The molecule has 2 aromatic rings. The third-order valence-corrected chi connectivity index (χ3v) is 3.11. The number of tetrazole rings is 1. The summed E-state index contributed by atoms with van der Waals surface area (Å²) in [6.45, 7) is 2.14. The van der Waals surface area contributed by atoms with Crippen molar-refractivity contribution in [2.75, 3.05) is 7.05 Å². The number of hydrogen-bond donors (Lipinski definition) is 1. The van der Waals surface area contributed by atoms with Gasteiger partial charge in [0.15, 0.2) is 5.82 Å². The number of hydrogen-bond acceptors (Lipinski definition) is 4. The molecule has 0 aliphatic rings. The second-order valence-electron chi connectivity index (χ2n) is 4.52. The first-order valence-electron chi connectivity index (χ1n) is 6.13. The molecular weight excluding hydrogens is 226 g/mol. The Bertz CT molecular complexity index is 506. The molecule has 0 spiro atoms. The van der Waals surface area contributed by atoms with Crippen LogP contribution in [0.1, 0.15) is 17.0 Å². The van der Waals surface area contributed by atoms with Crippen LogP contribution in [0.25, 0.3) is 0 Å². The van der Waals surface area contributed by atoms with E-state index < -0.39 is 0 Å². The van der Waals surface area contributed by atoms with Gasteiger partial charge in [-0.25, -0.2) is 0 Å². The molecule has 1 heterocycles. The molecule has 0 amide bonds. The molecule has 0 saturated carbocycles. The van der Waals surface area contributed by atoms with Crippen molar-refractivity contribution in [3.63, 3.8) is 0 Å².